The maximum absolute atomic E-state index is 12.4. The number of likely N-dealkylation sites (tertiary alicyclic amines) is 1. The number of Topliss-reactive ketones (excluding diaryl/α,β-unsaturated/α-hetero) is 1. The third-order valence-corrected chi connectivity index (χ3v) is 6.37. The van der Waals surface area contributed by atoms with Gasteiger partial charge in [-0.05, 0) is 44.0 Å². The molecule has 2 aromatic rings. The summed E-state index contributed by atoms with van der Waals surface area (Å²) < 4.78 is 5.21. The molecular weight excluding hydrogens is 382 g/mol. The highest BCUT2D eigenvalue weighted by molar-refractivity contribution is 8.00. The van der Waals surface area contributed by atoms with Crippen LogP contribution in [0.4, 0.5) is 0 Å². The van der Waals surface area contributed by atoms with E-state index in [9.17, 15) is 14.4 Å². The fourth-order valence-corrected chi connectivity index (χ4v) is 4.56. The summed E-state index contributed by atoms with van der Waals surface area (Å²) in [4.78, 5) is 40.9. The largest absolute Gasteiger partial charge is 0.454 e. The molecule has 1 aliphatic rings. The number of amides is 1. The Morgan fingerprint density at radius 3 is 2.56 bits per heavy atom. The van der Waals surface area contributed by atoms with E-state index in [1.54, 1.807) is 24.3 Å². The van der Waals surface area contributed by atoms with Gasteiger partial charge < -0.3 is 9.64 Å². The number of thioether (sulfide) groups is 1. The zero-order chi connectivity index (χ0) is 19.2. The summed E-state index contributed by atoms with van der Waals surface area (Å²) in [6.07, 6.45) is 2.11. The molecule has 0 radical (unpaired) electrons. The Morgan fingerprint density at radius 2 is 1.85 bits per heavy atom. The number of ether oxygens (including phenoxy) is 1. The minimum Gasteiger partial charge on any atom is -0.454 e. The SMILES string of the molecule is Cc1ccc(C(=O)COC(=O)c2ccccc2SCC(=O)N2CCCC2)s1. The number of carbonyl (C=O) groups excluding carboxylic acids is 3. The molecule has 0 N–H and O–H groups in total. The molecule has 7 heteroatoms. The minimum atomic E-state index is -0.548. The monoisotopic (exact) mass is 403 g/mol. The third-order valence-electron chi connectivity index (χ3n) is 4.27. The first-order chi connectivity index (χ1) is 13.0. The summed E-state index contributed by atoms with van der Waals surface area (Å²) in [7, 11) is 0. The van der Waals surface area contributed by atoms with Crippen LogP contribution in [0.2, 0.25) is 0 Å². The number of hydrogen-bond acceptors (Lipinski definition) is 6. The van der Waals surface area contributed by atoms with Crippen LogP contribution in [0, 0.1) is 6.92 Å². The second-order valence-electron chi connectivity index (χ2n) is 6.28. The van der Waals surface area contributed by atoms with Crippen LogP contribution in [0.1, 0.15) is 37.7 Å². The van der Waals surface area contributed by atoms with E-state index in [0.717, 1.165) is 30.8 Å². The van der Waals surface area contributed by atoms with E-state index in [-0.39, 0.29) is 24.1 Å². The zero-order valence-electron chi connectivity index (χ0n) is 15.1. The van der Waals surface area contributed by atoms with Gasteiger partial charge in [0.05, 0.1) is 16.2 Å². The van der Waals surface area contributed by atoms with Crippen molar-refractivity contribution < 1.29 is 19.1 Å². The highest BCUT2D eigenvalue weighted by Gasteiger charge is 2.20. The second kappa shape index (κ2) is 9.19. The second-order valence-corrected chi connectivity index (χ2v) is 8.59. The van der Waals surface area contributed by atoms with Crippen molar-refractivity contribution in [3.8, 4) is 0 Å². The smallest absolute Gasteiger partial charge is 0.339 e. The van der Waals surface area contributed by atoms with Crippen LogP contribution in [-0.2, 0) is 9.53 Å². The number of esters is 1. The number of nitrogens with zero attached hydrogens (tertiary/aromatic N) is 1. The highest BCUT2D eigenvalue weighted by atomic mass is 32.2. The molecule has 0 saturated carbocycles. The van der Waals surface area contributed by atoms with Gasteiger partial charge in [-0.2, -0.15) is 0 Å². The van der Waals surface area contributed by atoms with Gasteiger partial charge in [0.2, 0.25) is 11.7 Å². The first-order valence-corrected chi connectivity index (χ1v) is 10.6. The summed E-state index contributed by atoms with van der Waals surface area (Å²) in [6.45, 7) is 3.26. The quantitative estimate of drug-likeness (QED) is 0.400. The van der Waals surface area contributed by atoms with Gasteiger partial charge in [-0.3, -0.25) is 9.59 Å². The van der Waals surface area contributed by atoms with Crippen molar-refractivity contribution >= 4 is 40.8 Å². The maximum atomic E-state index is 12.4. The van der Waals surface area contributed by atoms with Crippen molar-refractivity contribution in [2.24, 2.45) is 0 Å². The zero-order valence-corrected chi connectivity index (χ0v) is 16.7. The Morgan fingerprint density at radius 1 is 1.11 bits per heavy atom. The van der Waals surface area contributed by atoms with Gasteiger partial charge in [-0.1, -0.05) is 12.1 Å². The van der Waals surface area contributed by atoms with Crippen molar-refractivity contribution in [1.29, 1.82) is 0 Å². The Hall–Kier alpha value is -2.12. The molecule has 1 aliphatic heterocycles. The van der Waals surface area contributed by atoms with Crippen LogP contribution in [0.25, 0.3) is 0 Å². The van der Waals surface area contributed by atoms with E-state index < -0.39 is 5.97 Å². The van der Waals surface area contributed by atoms with Gasteiger partial charge in [0.25, 0.3) is 0 Å². The van der Waals surface area contributed by atoms with E-state index >= 15 is 0 Å². The molecule has 1 aromatic heterocycles. The summed E-state index contributed by atoms with van der Waals surface area (Å²) >= 11 is 2.71. The first-order valence-electron chi connectivity index (χ1n) is 8.81. The fraction of sp³-hybridized carbons (Fsp3) is 0.350. The maximum Gasteiger partial charge on any atom is 0.339 e. The average Bonchev–Trinajstić information content (AvgIpc) is 3.36. The summed E-state index contributed by atoms with van der Waals surface area (Å²) in [5, 5.41) is 0. The molecular formula is C20H21NO4S2. The van der Waals surface area contributed by atoms with Crippen LogP contribution in [0.5, 0.6) is 0 Å². The highest BCUT2D eigenvalue weighted by Crippen LogP contribution is 2.24. The summed E-state index contributed by atoms with van der Waals surface area (Å²) in [5.74, 6) is -0.384. The lowest BCUT2D eigenvalue weighted by atomic mass is 10.2. The van der Waals surface area contributed by atoms with E-state index in [1.807, 2.05) is 24.0 Å². The van der Waals surface area contributed by atoms with Gasteiger partial charge in [-0.25, -0.2) is 4.79 Å². The third kappa shape index (κ3) is 5.20. The Bertz CT molecular complexity index is 840. The molecule has 1 fully saturated rings. The molecule has 0 spiro atoms. The molecule has 0 atom stereocenters. The lowest BCUT2D eigenvalue weighted by Crippen LogP contribution is -2.29. The molecule has 2 heterocycles. The van der Waals surface area contributed by atoms with E-state index in [4.69, 9.17) is 4.74 Å². The molecule has 3 rings (SSSR count). The Kier molecular flexibility index (Phi) is 6.68. The molecule has 0 bridgehead atoms. The average molecular weight is 404 g/mol. The predicted molar refractivity (Wildman–Crippen MR) is 107 cm³/mol. The normalized spacial score (nSPS) is 13.6. The molecule has 1 amide bonds. The van der Waals surface area contributed by atoms with Gasteiger partial charge in [0, 0.05) is 22.9 Å². The number of rotatable bonds is 7. The van der Waals surface area contributed by atoms with Crippen molar-refractivity contribution in [2.45, 2.75) is 24.7 Å². The van der Waals surface area contributed by atoms with E-state index in [1.165, 1.54) is 23.1 Å². The van der Waals surface area contributed by atoms with E-state index in [2.05, 4.69) is 0 Å². The topological polar surface area (TPSA) is 63.7 Å². The van der Waals surface area contributed by atoms with Crippen LogP contribution >= 0.6 is 23.1 Å². The number of thiophene rings is 1. The number of hydrogen-bond donors (Lipinski definition) is 0. The predicted octanol–water partition coefficient (Wildman–Crippen LogP) is 3.81. The van der Waals surface area contributed by atoms with E-state index in [0.29, 0.717) is 15.3 Å². The lowest BCUT2D eigenvalue weighted by Gasteiger charge is -2.15. The molecule has 5 nitrogen and oxygen atoms in total. The molecule has 1 aromatic carbocycles. The van der Waals surface area contributed by atoms with Gasteiger partial charge >= 0.3 is 5.97 Å². The van der Waals surface area contributed by atoms with Crippen LogP contribution in [0.3, 0.4) is 0 Å². The standard InChI is InChI=1S/C20H21NO4S2/c1-14-8-9-18(27-14)16(22)12-25-20(24)15-6-2-3-7-17(15)26-13-19(23)21-10-4-5-11-21/h2-3,6-9H,4-5,10-13H2,1H3. The fourth-order valence-electron chi connectivity index (χ4n) is 2.82. The number of aryl methyl sites for hydroxylation is 1. The van der Waals surface area contributed by atoms with Crippen LogP contribution < -0.4 is 0 Å². The van der Waals surface area contributed by atoms with Gasteiger partial charge in [-0.15, -0.1) is 23.1 Å². The minimum absolute atomic E-state index is 0.0870. The lowest BCUT2D eigenvalue weighted by molar-refractivity contribution is -0.127. The number of carbonyl (C=O) groups is 3. The van der Waals surface area contributed by atoms with Crippen LogP contribution in [0.15, 0.2) is 41.3 Å². The summed E-state index contributed by atoms with van der Waals surface area (Å²) in [5.41, 5.74) is 0.381. The Balaban J connectivity index is 1.58. The molecule has 1 saturated heterocycles. The van der Waals surface area contributed by atoms with Crippen molar-refractivity contribution in [3.05, 3.63) is 51.7 Å². The molecule has 0 aliphatic carbocycles. The van der Waals surface area contributed by atoms with Crippen LogP contribution in [-0.4, -0.2) is 48.0 Å². The van der Waals surface area contributed by atoms with Crippen molar-refractivity contribution in [1.82, 2.24) is 4.90 Å². The van der Waals surface area contributed by atoms with Crippen molar-refractivity contribution in [2.75, 3.05) is 25.4 Å². The molecule has 0 unspecified atom stereocenters. The first kappa shape index (κ1) is 19.6. The molecule has 27 heavy (non-hydrogen) atoms. The summed E-state index contributed by atoms with van der Waals surface area (Å²) in [6, 6.07) is 10.6. The number of benzene rings is 1. The number of ketones is 1. The van der Waals surface area contributed by atoms with Crippen molar-refractivity contribution in [3.63, 3.8) is 0 Å². The molecule has 142 valence electrons. The van der Waals surface area contributed by atoms with Gasteiger partial charge in [0.1, 0.15) is 0 Å². The van der Waals surface area contributed by atoms with Gasteiger partial charge in [0.15, 0.2) is 6.61 Å². The Labute approximate surface area is 166 Å².